The van der Waals surface area contributed by atoms with Crippen LogP contribution in [0, 0.1) is 0 Å². The number of nitrogens with zero attached hydrogens (tertiary/aromatic N) is 2. The third kappa shape index (κ3) is 3.94. The van der Waals surface area contributed by atoms with Crippen LogP contribution in [-0.2, 0) is 10.0 Å². The van der Waals surface area contributed by atoms with Gasteiger partial charge in [0.2, 0.25) is 0 Å². The highest BCUT2D eigenvalue weighted by Gasteiger charge is 2.20. The normalized spacial score (nSPS) is 11.4. The molecule has 0 spiro atoms. The maximum atomic E-state index is 13.0. The van der Waals surface area contributed by atoms with Gasteiger partial charge in [-0.2, -0.15) is 0 Å². The molecule has 0 aliphatic carbocycles. The average molecular weight is 500 g/mol. The van der Waals surface area contributed by atoms with Gasteiger partial charge in [0.15, 0.2) is 5.65 Å². The maximum Gasteiger partial charge on any atom is 0.337 e. The van der Waals surface area contributed by atoms with E-state index in [1.54, 1.807) is 24.3 Å². The molecule has 31 heavy (non-hydrogen) atoms. The zero-order chi connectivity index (χ0) is 22.2. The lowest BCUT2D eigenvalue weighted by atomic mass is 10.1. The van der Waals surface area contributed by atoms with Gasteiger partial charge in [0.25, 0.3) is 15.9 Å². The molecule has 0 fully saturated rings. The van der Waals surface area contributed by atoms with E-state index < -0.39 is 21.9 Å². The van der Waals surface area contributed by atoms with Crippen LogP contribution in [-0.4, -0.2) is 34.4 Å². The lowest BCUT2D eigenvalue weighted by molar-refractivity contribution is 0.0698. The van der Waals surface area contributed by atoms with E-state index >= 15 is 0 Å². The summed E-state index contributed by atoms with van der Waals surface area (Å²) in [5.74, 6) is -1.76. The molecule has 0 saturated heterocycles. The zero-order valence-electron chi connectivity index (χ0n) is 15.7. The van der Waals surface area contributed by atoms with Crippen LogP contribution in [0.4, 0.5) is 5.69 Å². The summed E-state index contributed by atoms with van der Waals surface area (Å²) in [7, 11) is -3.91. The molecule has 0 bridgehead atoms. The predicted octanol–water partition coefficient (Wildman–Crippen LogP) is 3.99. The number of anilines is 1. The van der Waals surface area contributed by atoms with E-state index in [-0.39, 0.29) is 21.7 Å². The van der Waals surface area contributed by atoms with Crippen molar-refractivity contribution in [3.05, 3.63) is 88.7 Å². The number of nitrogens with one attached hydrogen (secondary N) is 1. The quantitative estimate of drug-likeness (QED) is 0.428. The fraction of sp³-hybridized carbons (Fsp3) is 0. The molecule has 156 valence electrons. The van der Waals surface area contributed by atoms with E-state index in [4.69, 9.17) is 0 Å². The Balaban J connectivity index is 1.61. The van der Waals surface area contributed by atoms with Crippen molar-refractivity contribution in [1.29, 1.82) is 0 Å². The molecule has 4 rings (SSSR count). The van der Waals surface area contributed by atoms with Crippen LogP contribution in [0.25, 0.3) is 11.0 Å². The van der Waals surface area contributed by atoms with Gasteiger partial charge < -0.3 is 10.4 Å². The molecule has 0 aliphatic rings. The summed E-state index contributed by atoms with van der Waals surface area (Å²) in [5, 5.41) is 12.5. The Morgan fingerprint density at radius 1 is 1.03 bits per heavy atom. The monoisotopic (exact) mass is 499 g/mol. The summed E-state index contributed by atoms with van der Waals surface area (Å²) < 4.78 is 27.6. The molecule has 0 aliphatic heterocycles. The topological polar surface area (TPSA) is 118 Å². The number of aromatic carboxylic acids is 1. The predicted molar refractivity (Wildman–Crippen MR) is 118 cm³/mol. The van der Waals surface area contributed by atoms with Crippen LogP contribution in [0.1, 0.15) is 20.7 Å². The number of hydrogen-bond donors (Lipinski definition) is 2. The Bertz CT molecular complexity index is 1430. The minimum atomic E-state index is -3.91. The molecule has 2 aromatic carbocycles. The number of pyridine rings is 1. The molecule has 2 aromatic heterocycles. The first-order chi connectivity index (χ1) is 14.8. The van der Waals surface area contributed by atoms with Crippen LogP contribution in [0.2, 0.25) is 0 Å². The molecule has 0 radical (unpaired) electrons. The molecule has 0 atom stereocenters. The Labute approximate surface area is 185 Å². The third-order valence-electron chi connectivity index (χ3n) is 4.55. The summed E-state index contributed by atoms with van der Waals surface area (Å²) in [5.41, 5.74) is 0.533. The maximum absolute atomic E-state index is 13.0. The highest BCUT2D eigenvalue weighted by atomic mass is 79.9. The number of rotatable bonds is 5. The largest absolute Gasteiger partial charge is 0.478 e. The lowest BCUT2D eigenvalue weighted by Gasteiger charge is -2.10. The van der Waals surface area contributed by atoms with Crippen molar-refractivity contribution in [1.82, 2.24) is 8.96 Å². The van der Waals surface area contributed by atoms with Gasteiger partial charge in [0.05, 0.1) is 16.1 Å². The van der Waals surface area contributed by atoms with E-state index in [0.29, 0.717) is 15.5 Å². The minimum Gasteiger partial charge on any atom is -0.478 e. The Morgan fingerprint density at radius 2 is 1.77 bits per heavy atom. The molecule has 2 heterocycles. The second kappa shape index (κ2) is 7.97. The van der Waals surface area contributed by atoms with Crippen molar-refractivity contribution >= 4 is 54.6 Å². The Hall–Kier alpha value is -3.50. The first-order valence-electron chi connectivity index (χ1n) is 8.89. The number of carboxylic acids is 1. The molecule has 0 saturated carbocycles. The van der Waals surface area contributed by atoms with Crippen LogP contribution in [0.15, 0.2) is 82.4 Å². The van der Waals surface area contributed by atoms with Gasteiger partial charge in [0, 0.05) is 27.8 Å². The summed E-state index contributed by atoms with van der Waals surface area (Å²) >= 11 is 3.19. The summed E-state index contributed by atoms with van der Waals surface area (Å²) in [6.45, 7) is 0. The van der Waals surface area contributed by atoms with Crippen molar-refractivity contribution in [3.63, 3.8) is 0 Å². The number of carbonyl (C=O) groups excluding carboxylic acids is 1. The van der Waals surface area contributed by atoms with Crippen LogP contribution < -0.4 is 5.32 Å². The number of hydrogen-bond acceptors (Lipinski definition) is 5. The van der Waals surface area contributed by atoms with Gasteiger partial charge in [0.1, 0.15) is 0 Å². The SMILES string of the molecule is O=C(Nc1ccc(Br)cc1C(=O)O)c1ccc(S(=O)(=O)n2ccc3cccnc32)cc1. The molecular formula is C21H14BrN3O5S. The summed E-state index contributed by atoms with van der Waals surface area (Å²) in [6, 6.07) is 14.9. The Kier molecular flexibility index (Phi) is 5.34. The van der Waals surface area contributed by atoms with Crippen molar-refractivity contribution in [2.45, 2.75) is 4.90 Å². The van der Waals surface area contributed by atoms with Crippen molar-refractivity contribution < 1.29 is 23.1 Å². The zero-order valence-corrected chi connectivity index (χ0v) is 18.1. The fourth-order valence-corrected chi connectivity index (χ4v) is 4.69. The first-order valence-corrected chi connectivity index (χ1v) is 11.1. The lowest BCUT2D eigenvalue weighted by Crippen LogP contribution is -2.16. The molecular weight excluding hydrogens is 486 g/mol. The highest BCUT2D eigenvalue weighted by Crippen LogP contribution is 2.23. The number of amides is 1. The number of carboxylic acid groups (broad SMARTS) is 1. The highest BCUT2D eigenvalue weighted by molar-refractivity contribution is 9.10. The number of carbonyl (C=O) groups is 2. The van der Waals surface area contributed by atoms with E-state index in [0.717, 1.165) is 3.97 Å². The van der Waals surface area contributed by atoms with Crippen LogP contribution >= 0.6 is 15.9 Å². The van der Waals surface area contributed by atoms with Crippen molar-refractivity contribution in [3.8, 4) is 0 Å². The molecule has 1 amide bonds. The standard InChI is InChI=1S/C21H14BrN3O5S/c22-15-5-8-18(17(12-15)21(27)28)24-20(26)14-3-6-16(7-4-14)31(29,30)25-11-9-13-2-1-10-23-19(13)25/h1-12H,(H,24,26)(H,27,28). The molecule has 0 unspecified atom stereocenters. The summed E-state index contributed by atoms with van der Waals surface area (Å²) in [6.07, 6.45) is 2.93. The molecule has 2 N–H and O–H groups in total. The summed E-state index contributed by atoms with van der Waals surface area (Å²) in [4.78, 5) is 28.1. The van der Waals surface area contributed by atoms with Gasteiger partial charge in [-0.15, -0.1) is 0 Å². The van der Waals surface area contributed by atoms with Crippen LogP contribution in [0.3, 0.4) is 0 Å². The fourth-order valence-electron chi connectivity index (χ4n) is 3.02. The van der Waals surface area contributed by atoms with Crippen LogP contribution in [0.5, 0.6) is 0 Å². The average Bonchev–Trinajstić information content (AvgIpc) is 3.20. The number of benzene rings is 2. The minimum absolute atomic E-state index is 0.0120. The van der Waals surface area contributed by atoms with E-state index in [1.165, 1.54) is 48.8 Å². The molecule has 10 heteroatoms. The third-order valence-corrected chi connectivity index (χ3v) is 6.72. The van der Waals surface area contributed by atoms with Gasteiger partial charge in [-0.1, -0.05) is 15.9 Å². The molecule has 4 aromatic rings. The second-order valence-corrected chi connectivity index (χ2v) is 9.24. The number of aromatic nitrogens is 2. The van der Waals surface area contributed by atoms with Crippen molar-refractivity contribution in [2.24, 2.45) is 0 Å². The van der Waals surface area contributed by atoms with Crippen molar-refractivity contribution in [2.75, 3.05) is 5.32 Å². The smallest absolute Gasteiger partial charge is 0.337 e. The van der Waals surface area contributed by atoms with E-state index in [1.807, 2.05) is 0 Å². The Morgan fingerprint density at radius 3 is 2.48 bits per heavy atom. The first kappa shape index (κ1) is 20.8. The van der Waals surface area contributed by atoms with E-state index in [9.17, 15) is 23.1 Å². The van der Waals surface area contributed by atoms with Gasteiger partial charge in [-0.25, -0.2) is 22.2 Å². The second-order valence-electron chi connectivity index (χ2n) is 6.51. The van der Waals surface area contributed by atoms with E-state index in [2.05, 4.69) is 26.2 Å². The number of fused-ring (bicyclic) bond motifs is 1. The van der Waals surface area contributed by atoms with Gasteiger partial charge in [-0.05, 0) is 60.7 Å². The van der Waals surface area contributed by atoms with Gasteiger partial charge in [-0.3, -0.25) is 4.79 Å². The number of halogens is 1. The van der Waals surface area contributed by atoms with Gasteiger partial charge >= 0.3 is 5.97 Å². The molecule has 8 nitrogen and oxygen atoms in total.